The molecule has 0 saturated heterocycles. The normalized spacial score (nSPS) is 11.5. The van der Waals surface area contributed by atoms with Gasteiger partial charge in [0.15, 0.2) is 0 Å². The Morgan fingerprint density at radius 2 is 0.885 bits per heavy atom. The average Bonchev–Trinajstić information content (AvgIpc) is 3.20. The molecule has 2 nitrogen and oxygen atoms in total. The summed E-state index contributed by atoms with van der Waals surface area (Å²) in [6.07, 6.45) is 0. The van der Waals surface area contributed by atoms with E-state index in [2.05, 4.69) is 112 Å². The highest BCUT2D eigenvalue weighted by Gasteiger charge is 2.15. The molecule has 2 unspecified atom stereocenters. The van der Waals surface area contributed by atoms with Crippen LogP contribution in [0.3, 0.4) is 0 Å². The van der Waals surface area contributed by atoms with Gasteiger partial charge in [0.25, 0.3) is 0 Å². The number of hydrogen-bond acceptors (Lipinski definition) is 0. The predicted molar refractivity (Wildman–Crippen MR) is 119 cm³/mol. The first-order chi connectivity index (χ1) is 12.7. The molecule has 0 radical (unpaired) electrons. The van der Waals surface area contributed by atoms with Crippen LogP contribution in [-0.4, -0.2) is 8.68 Å². The average molecular weight is 372 g/mol. The van der Waals surface area contributed by atoms with Gasteiger partial charge in [-0.2, -0.15) is 0 Å². The second-order valence-corrected chi connectivity index (χ2v) is 7.50. The highest BCUT2D eigenvalue weighted by Crippen LogP contribution is 2.39. The van der Waals surface area contributed by atoms with Gasteiger partial charge in [-0.05, 0) is 43.0 Å². The van der Waals surface area contributed by atoms with Crippen LogP contribution in [-0.2, 0) is 0 Å². The van der Waals surface area contributed by atoms with E-state index in [0.717, 1.165) is 0 Å². The van der Waals surface area contributed by atoms with E-state index in [0.29, 0.717) is 0 Å². The quantitative estimate of drug-likeness (QED) is 0.326. The summed E-state index contributed by atoms with van der Waals surface area (Å²) in [6.45, 7) is 0. The zero-order chi connectivity index (χ0) is 17.7. The first kappa shape index (κ1) is 15.8. The number of benzene rings is 3. The second-order valence-electron chi connectivity index (χ2n) is 6.46. The summed E-state index contributed by atoms with van der Waals surface area (Å²) in [7, 11) is 5.72. The van der Waals surface area contributed by atoms with Crippen LogP contribution < -0.4 is 0 Å². The lowest BCUT2D eigenvalue weighted by Crippen LogP contribution is -1.91. The van der Waals surface area contributed by atoms with E-state index in [1.165, 1.54) is 44.3 Å². The molecule has 3 aromatic carbocycles. The Morgan fingerprint density at radius 3 is 1.31 bits per heavy atom. The van der Waals surface area contributed by atoms with E-state index < -0.39 is 0 Å². The van der Waals surface area contributed by atoms with Crippen LogP contribution in [0.1, 0.15) is 0 Å². The Labute approximate surface area is 157 Å². The Kier molecular flexibility index (Phi) is 3.71. The van der Waals surface area contributed by atoms with Crippen LogP contribution in [0.5, 0.6) is 0 Å². The molecule has 0 spiro atoms. The number of rotatable bonds is 2. The molecule has 5 aromatic rings. The zero-order valence-electron chi connectivity index (χ0n) is 14.1. The summed E-state index contributed by atoms with van der Waals surface area (Å²) < 4.78 is 4.40. The molecule has 0 aliphatic rings. The van der Waals surface area contributed by atoms with Crippen LogP contribution in [0.2, 0.25) is 0 Å². The summed E-state index contributed by atoms with van der Waals surface area (Å²) in [4.78, 5) is 0. The first-order valence-electron chi connectivity index (χ1n) is 8.55. The van der Waals surface area contributed by atoms with Crippen molar-refractivity contribution in [2.75, 3.05) is 0 Å². The molecule has 26 heavy (non-hydrogen) atoms. The SMILES string of the molecule is Pn1c(-c2ccccc2-c2cc3ccccc3n2P)cc2ccccc21. The lowest BCUT2D eigenvalue weighted by molar-refractivity contribution is 1.32. The van der Waals surface area contributed by atoms with Crippen molar-refractivity contribution in [2.45, 2.75) is 0 Å². The largest absolute Gasteiger partial charge is 0.325 e. The molecule has 4 heteroatoms. The molecule has 5 rings (SSSR count). The fourth-order valence-electron chi connectivity index (χ4n) is 3.70. The molecule has 0 aliphatic carbocycles. The van der Waals surface area contributed by atoms with Crippen LogP contribution >= 0.6 is 18.8 Å². The van der Waals surface area contributed by atoms with Gasteiger partial charge < -0.3 is 8.68 Å². The maximum Gasteiger partial charge on any atom is 0.0527 e. The third-order valence-electron chi connectivity index (χ3n) is 4.98. The minimum absolute atomic E-state index is 1.20. The van der Waals surface area contributed by atoms with Crippen molar-refractivity contribution in [1.29, 1.82) is 0 Å². The summed E-state index contributed by atoms with van der Waals surface area (Å²) in [5.74, 6) is 0. The topological polar surface area (TPSA) is 9.86 Å². The third kappa shape index (κ3) is 2.34. The Hall–Kier alpha value is -2.40. The van der Waals surface area contributed by atoms with Crippen molar-refractivity contribution in [2.24, 2.45) is 0 Å². The van der Waals surface area contributed by atoms with Crippen LogP contribution in [0, 0.1) is 0 Å². The second kappa shape index (κ2) is 6.09. The molecular weight excluding hydrogens is 354 g/mol. The minimum atomic E-state index is 1.20. The molecule has 0 aliphatic heterocycles. The number of fused-ring (bicyclic) bond motifs is 2. The van der Waals surface area contributed by atoms with Crippen molar-refractivity contribution in [3.8, 4) is 22.5 Å². The number of para-hydroxylation sites is 2. The molecule has 0 amide bonds. The van der Waals surface area contributed by atoms with Crippen LogP contribution in [0.4, 0.5) is 0 Å². The number of nitrogens with zero attached hydrogens (tertiary/aromatic N) is 2. The summed E-state index contributed by atoms with van der Waals surface area (Å²) in [5.41, 5.74) is 7.28. The molecule has 0 bridgehead atoms. The standard InChI is InChI=1S/C22H18N2P2/c25-23-19-11-5-1-7-15(19)13-21(23)17-9-3-4-10-18(17)22-14-16-8-2-6-12-20(16)24(22)26/h1-14H,25-26H2. The Balaban J connectivity index is 1.79. The van der Waals surface area contributed by atoms with Crippen molar-refractivity contribution in [3.63, 3.8) is 0 Å². The van der Waals surface area contributed by atoms with Crippen molar-refractivity contribution < 1.29 is 0 Å². The van der Waals surface area contributed by atoms with Crippen molar-refractivity contribution >= 4 is 40.6 Å². The predicted octanol–water partition coefficient (Wildman–Crippen LogP) is 6.21. The van der Waals surface area contributed by atoms with E-state index in [-0.39, 0.29) is 0 Å². The van der Waals surface area contributed by atoms with Crippen LogP contribution in [0.25, 0.3) is 44.3 Å². The van der Waals surface area contributed by atoms with Gasteiger partial charge in [-0.3, -0.25) is 0 Å². The van der Waals surface area contributed by atoms with Gasteiger partial charge in [-0.25, -0.2) is 0 Å². The van der Waals surface area contributed by atoms with Gasteiger partial charge in [0, 0.05) is 21.9 Å². The minimum Gasteiger partial charge on any atom is -0.325 e. The third-order valence-corrected chi connectivity index (χ3v) is 6.09. The van der Waals surface area contributed by atoms with E-state index >= 15 is 0 Å². The molecular formula is C22H18N2P2. The Bertz CT molecular complexity index is 1160. The fourth-order valence-corrected chi connectivity index (χ4v) is 4.59. The summed E-state index contributed by atoms with van der Waals surface area (Å²) in [6, 6.07) is 30.1. The van der Waals surface area contributed by atoms with Gasteiger partial charge in [-0.1, -0.05) is 60.7 Å². The van der Waals surface area contributed by atoms with Crippen molar-refractivity contribution in [1.82, 2.24) is 8.68 Å². The molecule has 2 atom stereocenters. The van der Waals surface area contributed by atoms with E-state index in [9.17, 15) is 0 Å². The maximum absolute atomic E-state index is 2.86. The number of hydrogen-bond donors (Lipinski definition) is 0. The molecule has 0 fully saturated rings. The smallest absolute Gasteiger partial charge is 0.0527 e. The number of aromatic nitrogens is 2. The van der Waals surface area contributed by atoms with Gasteiger partial charge in [-0.15, -0.1) is 0 Å². The van der Waals surface area contributed by atoms with Gasteiger partial charge in [0.2, 0.25) is 0 Å². The lowest BCUT2D eigenvalue weighted by atomic mass is 10.0. The van der Waals surface area contributed by atoms with Crippen molar-refractivity contribution in [3.05, 3.63) is 84.9 Å². The molecule has 0 saturated carbocycles. The molecule has 2 heterocycles. The molecule has 126 valence electrons. The highest BCUT2D eigenvalue weighted by atomic mass is 31.0. The first-order valence-corrected chi connectivity index (χ1v) is 9.58. The Morgan fingerprint density at radius 1 is 0.500 bits per heavy atom. The summed E-state index contributed by atoms with van der Waals surface area (Å²) >= 11 is 0. The maximum atomic E-state index is 2.86. The van der Waals surface area contributed by atoms with Gasteiger partial charge >= 0.3 is 0 Å². The zero-order valence-corrected chi connectivity index (χ0v) is 16.4. The monoisotopic (exact) mass is 372 g/mol. The fraction of sp³-hybridized carbons (Fsp3) is 0. The van der Waals surface area contributed by atoms with E-state index in [1.54, 1.807) is 0 Å². The summed E-state index contributed by atoms with van der Waals surface area (Å²) in [5, 5.41) is 2.50. The molecule has 0 N–H and O–H groups in total. The van der Waals surface area contributed by atoms with Crippen LogP contribution in [0.15, 0.2) is 84.9 Å². The van der Waals surface area contributed by atoms with Gasteiger partial charge in [0.05, 0.1) is 22.4 Å². The van der Waals surface area contributed by atoms with Gasteiger partial charge in [0.1, 0.15) is 0 Å². The highest BCUT2D eigenvalue weighted by molar-refractivity contribution is 7.15. The molecule has 2 aromatic heterocycles. The van der Waals surface area contributed by atoms with E-state index in [4.69, 9.17) is 0 Å². The lowest BCUT2D eigenvalue weighted by Gasteiger charge is -2.12. The van der Waals surface area contributed by atoms with E-state index in [1.807, 2.05) is 0 Å².